The molecule has 2 N–H and O–H groups in total. The smallest absolute Gasteiger partial charge is 0.427 e. The number of amides is 1. The van der Waals surface area contributed by atoms with Crippen LogP contribution in [0.2, 0.25) is 0 Å². The van der Waals surface area contributed by atoms with Crippen LogP contribution in [0.3, 0.4) is 0 Å². The zero-order valence-corrected chi connectivity index (χ0v) is 11.9. The number of fused-ring (bicyclic) bond motifs is 1. The van der Waals surface area contributed by atoms with Crippen molar-refractivity contribution in [2.75, 3.05) is 6.61 Å². The number of hydrogen-bond donors (Lipinski definition) is 2. The van der Waals surface area contributed by atoms with Crippen molar-refractivity contribution in [3.63, 3.8) is 0 Å². The Morgan fingerprint density at radius 2 is 2.14 bits per heavy atom. The van der Waals surface area contributed by atoms with E-state index in [0.29, 0.717) is 12.2 Å². The van der Waals surface area contributed by atoms with E-state index in [0.717, 1.165) is 23.6 Å². The molecular formula is C16H18N2O3. The zero-order valence-electron chi connectivity index (χ0n) is 11.9. The van der Waals surface area contributed by atoms with Gasteiger partial charge < -0.3 is 9.84 Å². The molecule has 0 aliphatic carbocycles. The lowest BCUT2D eigenvalue weighted by Gasteiger charge is -2.05. The van der Waals surface area contributed by atoms with Crippen LogP contribution in [0.15, 0.2) is 41.5 Å². The van der Waals surface area contributed by atoms with Crippen LogP contribution in [0, 0.1) is 0 Å². The number of nitrogens with zero attached hydrogens (tertiary/aromatic N) is 1. The first-order valence-electron chi connectivity index (χ1n) is 6.89. The van der Waals surface area contributed by atoms with Crippen LogP contribution in [0.4, 0.5) is 4.79 Å². The summed E-state index contributed by atoms with van der Waals surface area (Å²) < 4.78 is 4.91. The number of phenols is 1. The Morgan fingerprint density at radius 3 is 2.95 bits per heavy atom. The second-order valence-electron chi connectivity index (χ2n) is 4.58. The molecule has 2 rings (SSSR count). The van der Waals surface area contributed by atoms with Crippen LogP contribution in [0.5, 0.6) is 5.75 Å². The number of hydrogen-bond acceptors (Lipinski definition) is 4. The van der Waals surface area contributed by atoms with Crippen molar-refractivity contribution in [3.8, 4) is 5.75 Å². The van der Waals surface area contributed by atoms with Crippen LogP contribution in [0.25, 0.3) is 10.8 Å². The molecule has 0 fully saturated rings. The van der Waals surface area contributed by atoms with Crippen LogP contribution in [-0.4, -0.2) is 24.0 Å². The third-order valence-corrected chi connectivity index (χ3v) is 3.03. The fraction of sp³-hybridized carbons (Fsp3) is 0.250. The van der Waals surface area contributed by atoms with Gasteiger partial charge in [-0.25, -0.2) is 10.2 Å². The standard InChI is InChI=1S/C16H18N2O3/c1-2-3-10-21-16(20)18-17-11-14-13-7-5-4-6-12(13)8-9-15(14)19/h4-9,11,19H,2-3,10H2,1H3,(H,18,20)/b17-11+. The lowest BCUT2D eigenvalue weighted by atomic mass is 10.0. The maximum Gasteiger partial charge on any atom is 0.427 e. The number of phenolic OH excluding ortho intramolecular Hbond substituents is 1. The van der Waals surface area contributed by atoms with Crippen molar-refractivity contribution in [2.24, 2.45) is 5.10 Å². The Kier molecular flexibility index (Phi) is 5.15. The van der Waals surface area contributed by atoms with Crippen LogP contribution >= 0.6 is 0 Å². The normalized spacial score (nSPS) is 10.9. The molecule has 5 nitrogen and oxygen atoms in total. The third-order valence-electron chi connectivity index (χ3n) is 3.03. The van der Waals surface area contributed by atoms with Gasteiger partial charge in [0, 0.05) is 5.56 Å². The Morgan fingerprint density at radius 1 is 1.33 bits per heavy atom. The van der Waals surface area contributed by atoms with E-state index in [9.17, 15) is 9.90 Å². The van der Waals surface area contributed by atoms with Crippen molar-refractivity contribution in [3.05, 3.63) is 42.0 Å². The highest BCUT2D eigenvalue weighted by Crippen LogP contribution is 2.25. The number of carbonyl (C=O) groups excluding carboxylic acids is 1. The number of ether oxygens (including phenoxy) is 1. The van der Waals surface area contributed by atoms with Gasteiger partial charge in [0.05, 0.1) is 12.8 Å². The van der Waals surface area contributed by atoms with Gasteiger partial charge in [0.15, 0.2) is 0 Å². The fourth-order valence-electron chi connectivity index (χ4n) is 1.91. The summed E-state index contributed by atoms with van der Waals surface area (Å²) in [6.45, 7) is 2.39. The van der Waals surface area contributed by atoms with Gasteiger partial charge in [-0.1, -0.05) is 43.7 Å². The average Bonchev–Trinajstić information content (AvgIpc) is 2.50. The Hall–Kier alpha value is -2.56. The molecule has 0 aromatic heterocycles. The lowest BCUT2D eigenvalue weighted by Crippen LogP contribution is -2.19. The van der Waals surface area contributed by atoms with Gasteiger partial charge in [-0.3, -0.25) is 0 Å². The van der Waals surface area contributed by atoms with Gasteiger partial charge >= 0.3 is 6.09 Å². The number of carbonyl (C=O) groups is 1. The summed E-state index contributed by atoms with van der Waals surface area (Å²) in [7, 11) is 0. The summed E-state index contributed by atoms with van der Waals surface area (Å²) in [5.74, 6) is 0.110. The monoisotopic (exact) mass is 286 g/mol. The number of nitrogens with one attached hydrogen (secondary N) is 1. The van der Waals surface area contributed by atoms with E-state index < -0.39 is 6.09 Å². The molecule has 2 aromatic carbocycles. The first-order valence-corrected chi connectivity index (χ1v) is 6.89. The molecule has 0 unspecified atom stereocenters. The molecule has 0 saturated heterocycles. The quantitative estimate of drug-likeness (QED) is 0.502. The van der Waals surface area contributed by atoms with Crippen LogP contribution in [0.1, 0.15) is 25.3 Å². The minimum absolute atomic E-state index is 0.110. The molecule has 110 valence electrons. The molecule has 0 heterocycles. The molecule has 21 heavy (non-hydrogen) atoms. The van der Waals surface area contributed by atoms with Gasteiger partial charge in [-0.2, -0.15) is 5.10 Å². The molecule has 1 amide bonds. The molecule has 0 spiro atoms. The van der Waals surface area contributed by atoms with Gasteiger partial charge in [-0.15, -0.1) is 0 Å². The number of unbranched alkanes of at least 4 members (excludes halogenated alkanes) is 1. The number of benzene rings is 2. The molecule has 0 bridgehead atoms. The van der Waals surface area contributed by atoms with E-state index in [-0.39, 0.29) is 5.75 Å². The van der Waals surface area contributed by atoms with Crippen molar-refractivity contribution < 1.29 is 14.6 Å². The molecule has 0 radical (unpaired) electrons. The van der Waals surface area contributed by atoms with Gasteiger partial charge in [0.2, 0.25) is 0 Å². The number of rotatable bonds is 5. The van der Waals surface area contributed by atoms with Crippen LogP contribution in [-0.2, 0) is 4.74 Å². The Balaban J connectivity index is 2.07. The summed E-state index contributed by atoms with van der Waals surface area (Å²) in [6.07, 6.45) is 2.60. The zero-order chi connectivity index (χ0) is 15.1. The highest BCUT2D eigenvalue weighted by atomic mass is 16.5. The molecule has 0 aliphatic rings. The fourth-order valence-corrected chi connectivity index (χ4v) is 1.91. The first-order chi connectivity index (χ1) is 10.2. The maximum absolute atomic E-state index is 11.3. The Labute approximate surface area is 123 Å². The predicted octanol–water partition coefficient (Wildman–Crippen LogP) is 3.41. The second-order valence-corrected chi connectivity index (χ2v) is 4.58. The minimum atomic E-state index is -0.598. The lowest BCUT2D eigenvalue weighted by molar-refractivity contribution is 0.145. The predicted molar refractivity (Wildman–Crippen MR) is 82.6 cm³/mol. The van der Waals surface area contributed by atoms with E-state index in [1.165, 1.54) is 6.21 Å². The van der Waals surface area contributed by atoms with Crippen LogP contribution < -0.4 is 5.43 Å². The molecule has 5 heteroatoms. The highest BCUT2D eigenvalue weighted by Gasteiger charge is 2.04. The van der Waals surface area contributed by atoms with Crippen molar-refractivity contribution in [2.45, 2.75) is 19.8 Å². The summed E-state index contributed by atoms with van der Waals surface area (Å²) in [5, 5.41) is 15.6. The molecular weight excluding hydrogens is 268 g/mol. The molecule has 0 saturated carbocycles. The van der Waals surface area contributed by atoms with Gasteiger partial charge in [0.1, 0.15) is 5.75 Å². The highest BCUT2D eigenvalue weighted by molar-refractivity contribution is 6.02. The number of aromatic hydroxyl groups is 1. The minimum Gasteiger partial charge on any atom is -0.507 e. The van der Waals surface area contributed by atoms with Crippen molar-refractivity contribution >= 4 is 23.1 Å². The molecule has 0 atom stereocenters. The summed E-state index contributed by atoms with van der Waals surface area (Å²) in [6, 6.07) is 11.1. The average molecular weight is 286 g/mol. The van der Waals surface area contributed by atoms with Gasteiger partial charge in [0.25, 0.3) is 0 Å². The number of hydrazone groups is 1. The van der Waals surface area contributed by atoms with E-state index in [2.05, 4.69) is 10.5 Å². The van der Waals surface area contributed by atoms with Crippen molar-refractivity contribution in [1.82, 2.24) is 5.43 Å². The summed E-state index contributed by atoms with van der Waals surface area (Å²) >= 11 is 0. The topological polar surface area (TPSA) is 70.9 Å². The van der Waals surface area contributed by atoms with E-state index in [1.807, 2.05) is 37.3 Å². The van der Waals surface area contributed by atoms with E-state index in [1.54, 1.807) is 6.07 Å². The first kappa shape index (κ1) is 14.8. The largest absolute Gasteiger partial charge is 0.507 e. The molecule has 2 aromatic rings. The SMILES string of the molecule is CCCCOC(=O)N/N=C/c1c(O)ccc2ccccc12. The maximum atomic E-state index is 11.3. The molecule has 0 aliphatic heterocycles. The van der Waals surface area contributed by atoms with Gasteiger partial charge in [-0.05, 0) is 23.3 Å². The summed E-state index contributed by atoms with van der Waals surface area (Å²) in [5.41, 5.74) is 2.84. The third kappa shape index (κ3) is 3.95. The Bertz CT molecular complexity index is 653. The summed E-state index contributed by atoms with van der Waals surface area (Å²) in [4.78, 5) is 11.3. The van der Waals surface area contributed by atoms with E-state index >= 15 is 0 Å². The second kappa shape index (κ2) is 7.28. The van der Waals surface area contributed by atoms with E-state index in [4.69, 9.17) is 4.74 Å². The van der Waals surface area contributed by atoms with Crippen molar-refractivity contribution in [1.29, 1.82) is 0 Å².